The van der Waals surface area contributed by atoms with Crippen LogP contribution in [0.1, 0.15) is 18.9 Å². The van der Waals surface area contributed by atoms with Crippen LogP contribution in [0.2, 0.25) is 0 Å². The van der Waals surface area contributed by atoms with Gasteiger partial charge >= 0.3 is 6.01 Å². The molecule has 1 N–H and O–H groups in total. The second-order valence-electron chi connectivity index (χ2n) is 4.73. The zero-order chi connectivity index (χ0) is 15.2. The van der Waals surface area contributed by atoms with Gasteiger partial charge in [-0.05, 0) is 25.5 Å². The van der Waals surface area contributed by atoms with Crippen molar-refractivity contribution in [1.82, 2.24) is 15.0 Å². The fraction of sp³-hybridized carbons (Fsp3) is 0.400. The van der Waals surface area contributed by atoms with Crippen LogP contribution >= 0.6 is 0 Å². The smallest absolute Gasteiger partial charge is 0.323 e. The fourth-order valence-corrected chi connectivity index (χ4v) is 1.75. The number of aromatic nitrogens is 3. The minimum absolute atomic E-state index is 0.338. The first-order chi connectivity index (χ1) is 10.1. The summed E-state index contributed by atoms with van der Waals surface area (Å²) in [6.07, 6.45) is 0.906. The van der Waals surface area contributed by atoms with Crippen molar-refractivity contribution in [2.75, 3.05) is 30.9 Å². The summed E-state index contributed by atoms with van der Waals surface area (Å²) in [4.78, 5) is 14.8. The molecular formula is C15H21N5O. The molecule has 0 aliphatic rings. The Labute approximate surface area is 125 Å². The normalized spacial score (nSPS) is 10.3. The third-order valence-corrected chi connectivity index (χ3v) is 2.98. The zero-order valence-electron chi connectivity index (χ0n) is 12.9. The quantitative estimate of drug-likeness (QED) is 0.881. The molecule has 0 radical (unpaired) electrons. The Kier molecular flexibility index (Phi) is 4.92. The topological polar surface area (TPSA) is 63.2 Å². The average molecular weight is 287 g/mol. The van der Waals surface area contributed by atoms with Gasteiger partial charge in [0.15, 0.2) is 0 Å². The molecule has 2 rings (SSSR count). The van der Waals surface area contributed by atoms with Gasteiger partial charge in [-0.3, -0.25) is 0 Å². The first-order valence-corrected chi connectivity index (χ1v) is 7.01. The van der Waals surface area contributed by atoms with E-state index < -0.39 is 0 Å². The summed E-state index contributed by atoms with van der Waals surface area (Å²) < 4.78 is 5.51. The van der Waals surface area contributed by atoms with Crippen molar-refractivity contribution < 1.29 is 4.74 Å². The van der Waals surface area contributed by atoms with Gasteiger partial charge < -0.3 is 15.0 Å². The molecule has 21 heavy (non-hydrogen) atoms. The molecule has 0 aliphatic carbocycles. The van der Waals surface area contributed by atoms with Gasteiger partial charge in [0.25, 0.3) is 0 Å². The van der Waals surface area contributed by atoms with E-state index in [1.54, 1.807) is 7.05 Å². The van der Waals surface area contributed by atoms with Crippen LogP contribution in [0.5, 0.6) is 6.01 Å². The number of nitrogens with zero attached hydrogens (tertiary/aromatic N) is 4. The fourth-order valence-electron chi connectivity index (χ4n) is 1.75. The van der Waals surface area contributed by atoms with Gasteiger partial charge in [-0.2, -0.15) is 15.0 Å². The maximum atomic E-state index is 5.51. The Morgan fingerprint density at radius 2 is 1.86 bits per heavy atom. The van der Waals surface area contributed by atoms with Crippen LogP contribution in [0.4, 0.5) is 17.6 Å². The lowest BCUT2D eigenvalue weighted by Gasteiger charge is -2.18. The number of benzene rings is 1. The summed E-state index contributed by atoms with van der Waals surface area (Å²) in [6.45, 7) is 4.68. The number of anilines is 3. The molecule has 0 spiro atoms. The van der Waals surface area contributed by atoms with E-state index in [1.807, 2.05) is 31.0 Å². The molecule has 6 nitrogen and oxygen atoms in total. The number of nitrogens with one attached hydrogen (secondary N) is 1. The lowest BCUT2D eigenvalue weighted by molar-refractivity contribution is 0.292. The van der Waals surface area contributed by atoms with Crippen LogP contribution < -0.4 is 15.0 Å². The minimum Gasteiger partial charge on any atom is -0.463 e. The largest absolute Gasteiger partial charge is 0.463 e. The molecule has 0 unspecified atom stereocenters. The van der Waals surface area contributed by atoms with E-state index in [2.05, 4.69) is 39.3 Å². The van der Waals surface area contributed by atoms with Crippen molar-refractivity contribution in [2.45, 2.75) is 20.3 Å². The highest BCUT2D eigenvalue weighted by Crippen LogP contribution is 2.22. The van der Waals surface area contributed by atoms with Crippen LogP contribution in [0, 0.1) is 6.92 Å². The van der Waals surface area contributed by atoms with E-state index in [0.29, 0.717) is 24.5 Å². The second kappa shape index (κ2) is 6.88. The molecule has 6 heteroatoms. The van der Waals surface area contributed by atoms with E-state index >= 15 is 0 Å². The number of hydrogen-bond donors (Lipinski definition) is 1. The highest BCUT2D eigenvalue weighted by molar-refractivity contribution is 5.57. The summed E-state index contributed by atoms with van der Waals surface area (Å²) in [5.41, 5.74) is 2.22. The first kappa shape index (κ1) is 15.0. The molecule has 0 aliphatic heterocycles. The Bertz CT molecular complexity index is 585. The maximum absolute atomic E-state index is 5.51. The Morgan fingerprint density at radius 3 is 2.48 bits per heavy atom. The number of rotatable bonds is 6. The van der Waals surface area contributed by atoms with E-state index in [4.69, 9.17) is 4.74 Å². The third kappa shape index (κ3) is 3.81. The standard InChI is InChI=1S/C15H21N5O/c1-5-10-21-15-18-13(16-3)17-14(19-15)20(4)12-8-6-11(2)7-9-12/h6-9H,5,10H2,1-4H3,(H,16,17,18,19). The highest BCUT2D eigenvalue weighted by Gasteiger charge is 2.12. The average Bonchev–Trinajstić information content (AvgIpc) is 2.52. The molecule has 112 valence electrons. The third-order valence-electron chi connectivity index (χ3n) is 2.98. The molecule has 1 aromatic heterocycles. The van der Waals surface area contributed by atoms with Crippen molar-refractivity contribution in [3.05, 3.63) is 29.8 Å². The molecular weight excluding hydrogens is 266 g/mol. The molecule has 0 saturated carbocycles. The van der Waals surface area contributed by atoms with Gasteiger partial charge in [-0.25, -0.2) is 0 Å². The summed E-state index contributed by atoms with van der Waals surface area (Å²) in [5.74, 6) is 1.04. The molecule has 0 bridgehead atoms. The van der Waals surface area contributed by atoms with Gasteiger partial charge in [0.2, 0.25) is 11.9 Å². The van der Waals surface area contributed by atoms with Gasteiger partial charge in [0, 0.05) is 19.8 Å². The van der Waals surface area contributed by atoms with Crippen LogP contribution in [0.3, 0.4) is 0 Å². The monoisotopic (exact) mass is 287 g/mol. The van der Waals surface area contributed by atoms with Crippen LogP contribution in [0.25, 0.3) is 0 Å². The van der Waals surface area contributed by atoms with Gasteiger partial charge in [0.1, 0.15) is 0 Å². The molecule has 2 aromatic rings. The lowest BCUT2D eigenvalue weighted by Crippen LogP contribution is -2.16. The molecule has 1 heterocycles. The molecule has 0 fully saturated rings. The van der Waals surface area contributed by atoms with Crippen LogP contribution in [-0.2, 0) is 0 Å². The summed E-state index contributed by atoms with van der Waals surface area (Å²) >= 11 is 0. The number of ether oxygens (including phenoxy) is 1. The maximum Gasteiger partial charge on any atom is 0.323 e. The van der Waals surface area contributed by atoms with E-state index in [9.17, 15) is 0 Å². The van der Waals surface area contributed by atoms with Crippen molar-refractivity contribution in [1.29, 1.82) is 0 Å². The first-order valence-electron chi connectivity index (χ1n) is 7.01. The summed E-state index contributed by atoms with van der Waals surface area (Å²) in [6, 6.07) is 8.52. The predicted molar refractivity (Wildman–Crippen MR) is 84.4 cm³/mol. The molecule has 0 atom stereocenters. The van der Waals surface area contributed by atoms with Gasteiger partial charge in [-0.15, -0.1) is 0 Å². The highest BCUT2D eigenvalue weighted by atomic mass is 16.5. The number of aryl methyl sites for hydroxylation is 1. The SMILES string of the molecule is CCCOc1nc(NC)nc(N(C)c2ccc(C)cc2)n1. The summed E-state index contributed by atoms with van der Waals surface area (Å²) in [5, 5.41) is 2.93. The van der Waals surface area contributed by atoms with Gasteiger partial charge in [0.05, 0.1) is 6.61 Å². The minimum atomic E-state index is 0.338. The van der Waals surface area contributed by atoms with Crippen molar-refractivity contribution >= 4 is 17.6 Å². The second-order valence-corrected chi connectivity index (χ2v) is 4.73. The molecule has 0 saturated heterocycles. The van der Waals surface area contributed by atoms with E-state index in [-0.39, 0.29) is 0 Å². The van der Waals surface area contributed by atoms with Crippen molar-refractivity contribution in [3.63, 3.8) is 0 Å². The molecule has 1 aromatic carbocycles. The van der Waals surface area contributed by atoms with E-state index in [0.717, 1.165) is 12.1 Å². The van der Waals surface area contributed by atoms with Crippen molar-refractivity contribution in [2.24, 2.45) is 0 Å². The summed E-state index contributed by atoms with van der Waals surface area (Å²) in [7, 11) is 3.69. The Hall–Kier alpha value is -2.37. The van der Waals surface area contributed by atoms with Gasteiger partial charge in [-0.1, -0.05) is 24.6 Å². The predicted octanol–water partition coefficient (Wildman–Crippen LogP) is 2.78. The Balaban J connectivity index is 2.30. The zero-order valence-corrected chi connectivity index (χ0v) is 12.9. The van der Waals surface area contributed by atoms with Crippen LogP contribution in [-0.4, -0.2) is 35.7 Å². The molecule has 0 amide bonds. The van der Waals surface area contributed by atoms with Crippen molar-refractivity contribution in [3.8, 4) is 6.01 Å². The number of hydrogen-bond acceptors (Lipinski definition) is 6. The van der Waals surface area contributed by atoms with Crippen LogP contribution in [0.15, 0.2) is 24.3 Å². The lowest BCUT2D eigenvalue weighted by atomic mass is 10.2. The van der Waals surface area contributed by atoms with E-state index in [1.165, 1.54) is 5.56 Å². The Morgan fingerprint density at radius 1 is 1.14 bits per heavy atom.